The fourth-order valence-corrected chi connectivity index (χ4v) is 2.54. The van der Waals surface area contributed by atoms with Crippen molar-refractivity contribution in [2.45, 2.75) is 19.8 Å². The second kappa shape index (κ2) is 8.85. The van der Waals surface area contributed by atoms with Gasteiger partial charge in [0.1, 0.15) is 5.75 Å². The number of hydrogen-bond donors (Lipinski definition) is 2. The first-order valence-corrected chi connectivity index (χ1v) is 8.82. The molecular weight excluding hydrogens is 358 g/mol. The zero-order valence-corrected chi connectivity index (χ0v) is 15.5. The number of hydrogen-bond acceptors (Lipinski definition) is 5. The zero-order chi connectivity index (χ0) is 19.9. The van der Waals surface area contributed by atoms with Crippen LogP contribution in [0.2, 0.25) is 0 Å². The molecule has 1 aromatic heterocycles. The molecule has 2 aromatic carbocycles. The van der Waals surface area contributed by atoms with Gasteiger partial charge in [-0.15, -0.1) is 0 Å². The number of rotatable bonds is 8. The number of aryl methyl sites for hydroxylation is 2. The summed E-state index contributed by atoms with van der Waals surface area (Å²) in [6.07, 6.45) is 2.27. The predicted molar refractivity (Wildman–Crippen MR) is 105 cm³/mol. The molecule has 0 saturated heterocycles. The molecule has 0 atom stereocenters. The maximum atomic E-state index is 12.2. The standard InChI is InChI=1S/C21H21N3O4/c1-14-5-7-15(8-6-14)18-12-23-21(28-18)10-9-20(26)24-16-3-2-4-17(11-16)27-13-19(22)25/h2-8,11-12H,9-10,13H2,1H3,(H2,22,25)(H,24,26). The van der Waals surface area contributed by atoms with Gasteiger partial charge in [0.2, 0.25) is 5.91 Å². The molecule has 0 aliphatic rings. The molecule has 0 radical (unpaired) electrons. The number of amides is 2. The number of nitrogens with two attached hydrogens (primary N) is 1. The van der Waals surface area contributed by atoms with Crippen LogP contribution in [0.5, 0.6) is 5.75 Å². The van der Waals surface area contributed by atoms with Gasteiger partial charge in [-0.2, -0.15) is 0 Å². The van der Waals surface area contributed by atoms with Crippen LogP contribution in [0.3, 0.4) is 0 Å². The first-order chi connectivity index (χ1) is 13.5. The van der Waals surface area contributed by atoms with E-state index in [0.29, 0.717) is 29.5 Å². The highest BCUT2D eigenvalue weighted by Crippen LogP contribution is 2.22. The number of carbonyl (C=O) groups excluding carboxylic acids is 2. The number of nitrogens with one attached hydrogen (secondary N) is 1. The van der Waals surface area contributed by atoms with Crippen LogP contribution in [0, 0.1) is 6.92 Å². The van der Waals surface area contributed by atoms with E-state index in [-0.39, 0.29) is 18.9 Å². The Balaban J connectivity index is 1.53. The summed E-state index contributed by atoms with van der Waals surface area (Å²) in [5, 5.41) is 2.78. The topological polar surface area (TPSA) is 107 Å². The lowest BCUT2D eigenvalue weighted by molar-refractivity contribution is -0.120. The molecule has 0 spiro atoms. The Morgan fingerprint density at radius 2 is 1.96 bits per heavy atom. The third-order valence-corrected chi connectivity index (χ3v) is 3.95. The molecule has 7 heteroatoms. The highest BCUT2D eigenvalue weighted by atomic mass is 16.5. The summed E-state index contributed by atoms with van der Waals surface area (Å²) < 4.78 is 10.9. The van der Waals surface area contributed by atoms with E-state index >= 15 is 0 Å². The van der Waals surface area contributed by atoms with Crippen molar-refractivity contribution in [2.75, 3.05) is 11.9 Å². The quantitative estimate of drug-likeness (QED) is 0.625. The number of anilines is 1. The highest BCUT2D eigenvalue weighted by molar-refractivity contribution is 5.91. The molecule has 0 unspecified atom stereocenters. The van der Waals surface area contributed by atoms with Gasteiger partial charge in [-0.1, -0.05) is 35.9 Å². The molecule has 3 N–H and O–H groups in total. The molecule has 0 saturated carbocycles. The average molecular weight is 379 g/mol. The normalized spacial score (nSPS) is 10.5. The van der Waals surface area contributed by atoms with Crippen molar-refractivity contribution in [3.05, 3.63) is 66.2 Å². The van der Waals surface area contributed by atoms with E-state index in [1.54, 1.807) is 30.5 Å². The Labute approximate surface area is 162 Å². The van der Waals surface area contributed by atoms with Gasteiger partial charge < -0.3 is 20.2 Å². The third-order valence-electron chi connectivity index (χ3n) is 3.95. The molecule has 28 heavy (non-hydrogen) atoms. The Bertz CT molecular complexity index is 964. The predicted octanol–water partition coefficient (Wildman–Crippen LogP) is 3.09. The van der Waals surface area contributed by atoms with E-state index in [4.69, 9.17) is 14.9 Å². The van der Waals surface area contributed by atoms with Gasteiger partial charge in [-0.3, -0.25) is 9.59 Å². The molecule has 2 amide bonds. The van der Waals surface area contributed by atoms with Crippen molar-refractivity contribution in [3.63, 3.8) is 0 Å². The Morgan fingerprint density at radius 1 is 1.18 bits per heavy atom. The van der Waals surface area contributed by atoms with Crippen molar-refractivity contribution in [2.24, 2.45) is 5.73 Å². The van der Waals surface area contributed by atoms with Crippen molar-refractivity contribution in [1.29, 1.82) is 0 Å². The van der Waals surface area contributed by atoms with Crippen LogP contribution in [-0.4, -0.2) is 23.4 Å². The molecular formula is C21H21N3O4. The minimum absolute atomic E-state index is 0.179. The zero-order valence-electron chi connectivity index (χ0n) is 15.5. The van der Waals surface area contributed by atoms with Gasteiger partial charge in [-0.25, -0.2) is 4.98 Å². The molecule has 3 rings (SSSR count). The number of benzene rings is 2. The summed E-state index contributed by atoms with van der Waals surface area (Å²) in [6, 6.07) is 14.7. The molecule has 0 aliphatic heterocycles. The minimum Gasteiger partial charge on any atom is -0.484 e. The van der Waals surface area contributed by atoms with Gasteiger partial charge in [0.15, 0.2) is 18.3 Å². The van der Waals surface area contributed by atoms with Crippen molar-refractivity contribution in [3.8, 4) is 17.1 Å². The first-order valence-electron chi connectivity index (χ1n) is 8.82. The fraction of sp³-hybridized carbons (Fsp3) is 0.190. The summed E-state index contributed by atoms with van der Waals surface area (Å²) in [4.78, 5) is 27.2. The van der Waals surface area contributed by atoms with Gasteiger partial charge in [0.05, 0.1) is 6.20 Å². The van der Waals surface area contributed by atoms with E-state index in [2.05, 4.69) is 10.3 Å². The van der Waals surface area contributed by atoms with Crippen molar-refractivity contribution < 1.29 is 18.7 Å². The second-order valence-corrected chi connectivity index (χ2v) is 6.32. The summed E-state index contributed by atoms with van der Waals surface area (Å²) in [5.41, 5.74) is 7.74. The van der Waals surface area contributed by atoms with E-state index in [9.17, 15) is 9.59 Å². The molecule has 0 aliphatic carbocycles. The lowest BCUT2D eigenvalue weighted by Crippen LogP contribution is -2.20. The number of primary amides is 1. The van der Waals surface area contributed by atoms with Crippen LogP contribution < -0.4 is 15.8 Å². The highest BCUT2D eigenvalue weighted by Gasteiger charge is 2.10. The monoisotopic (exact) mass is 379 g/mol. The van der Waals surface area contributed by atoms with Crippen molar-refractivity contribution in [1.82, 2.24) is 4.98 Å². The van der Waals surface area contributed by atoms with Gasteiger partial charge in [-0.05, 0) is 19.1 Å². The third kappa shape index (κ3) is 5.44. The first kappa shape index (κ1) is 19.2. The van der Waals surface area contributed by atoms with E-state index in [1.165, 1.54) is 5.56 Å². The lowest BCUT2D eigenvalue weighted by atomic mass is 10.1. The molecule has 0 bridgehead atoms. The second-order valence-electron chi connectivity index (χ2n) is 6.32. The number of nitrogens with zero attached hydrogens (tertiary/aromatic N) is 1. The Kier molecular flexibility index (Phi) is 6.06. The molecule has 7 nitrogen and oxygen atoms in total. The molecule has 144 valence electrons. The van der Waals surface area contributed by atoms with E-state index < -0.39 is 5.91 Å². The van der Waals surface area contributed by atoms with Crippen LogP contribution in [0.4, 0.5) is 5.69 Å². The van der Waals surface area contributed by atoms with Gasteiger partial charge in [0.25, 0.3) is 5.91 Å². The van der Waals surface area contributed by atoms with Gasteiger partial charge in [0, 0.05) is 30.2 Å². The summed E-state index contributed by atoms with van der Waals surface area (Å²) >= 11 is 0. The number of oxazole rings is 1. The van der Waals surface area contributed by atoms with Crippen LogP contribution >= 0.6 is 0 Å². The summed E-state index contributed by atoms with van der Waals surface area (Å²) in [7, 11) is 0. The summed E-state index contributed by atoms with van der Waals surface area (Å²) in [6.45, 7) is 1.80. The van der Waals surface area contributed by atoms with Crippen molar-refractivity contribution >= 4 is 17.5 Å². The van der Waals surface area contributed by atoms with Crippen LogP contribution in [-0.2, 0) is 16.0 Å². The maximum absolute atomic E-state index is 12.2. The number of aromatic nitrogens is 1. The SMILES string of the molecule is Cc1ccc(-c2cnc(CCC(=O)Nc3cccc(OCC(N)=O)c3)o2)cc1. The number of ether oxygens (including phenoxy) is 1. The van der Waals surface area contributed by atoms with Crippen LogP contribution in [0.25, 0.3) is 11.3 Å². The van der Waals surface area contributed by atoms with Crippen LogP contribution in [0.1, 0.15) is 17.9 Å². The van der Waals surface area contributed by atoms with E-state index in [0.717, 1.165) is 5.56 Å². The van der Waals surface area contributed by atoms with E-state index in [1.807, 2.05) is 31.2 Å². The number of carbonyl (C=O) groups is 2. The lowest BCUT2D eigenvalue weighted by Gasteiger charge is -2.07. The van der Waals surface area contributed by atoms with Gasteiger partial charge >= 0.3 is 0 Å². The van der Waals surface area contributed by atoms with Crippen LogP contribution in [0.15, 0.2) is 59.1 Å². The molecule has 3 aromatic rings. The smallest absolute Gasteiger partial charge is 0.255 e. The molecule has 1 heterocycles. The Hall–Kier alpha value is -3.61. The Morgan fingerprint density at radius 3 is 2.71 bits per heavy atom. The fourth-order valence-electron chi connectivity index (χ4n) is 2.54. The summed E-state index contributed by atoms with van der Waals surface area (Å²) in [5.74, 6) is 0.888. The largest absolute Gasteiger partial charge is 0.484 e. The molecule has 0 fully saturated rings. The minimum atomic E-state index is -0.564. The maximum Gasteiger partial charge on any atom is 0.255 e. The average Bonchev–Trinajstić information content (AvgIpc) is 3.15.